The van der Waals surface area contributed by atoms with Crippen LogP contribution >= 0.6 is 0 Å². The molecule has 24 heavy (non-hydrogen) atoms. The molecule has 1 aromatic rings. The van der Waals surface area contributed by atoms with Crippen molar-refractivity contribution in [3.63, 3.8) is 0 Å². The van der Waals surface area contributed by atoms with Crippen LogP contribution in [0.5, 0.6) is 23.0 Å². The number of aromatic hydroxyl groups is 3. The second-order valence-corrected chi connectivity index (χ2v) is 5.50. The van der Waals surface area contributed by atoms with E-state index in [1.54, 1.807) is 0 Å². The number of fused-ring (bicyclic) bond motifs is 3. The van der Waals surface area contributed by atoms with Gasteiger partial charge in [-0.2, -0.15) is 0 Å². The molecule has 6 N–H and O–H groups in total. The van der Waals surface area contributed by atoms with Gasteiger partial charge in [0.1, 0.15) is 30.0 Å². The summed E-state index contributed by atoms with van der Waals surface area (Å²) in [6.07, 6.45) is -6.91. The van der Waals surface area contributed by atoms with E-state index in [4.69, 9.17) is 14.2 Å². The fraction of sp³-hybridized carbons (Fsp3) is 0.500. The minimum Gasteiger partial charge on any atom is -0.504 e. The molecule has 2 aliphatic heterocycles. The zero-order chi connectivity index (χ0) is 17.8. The van der Waals surface area contributed by atoms with Crippen molar-refractivity contribution in [2.45, 2.75) is 30.5 Å². The molecule has 1 aromatic carbocycles. The highest BCUT2D eigenvalue weighted by atomic mass is 16.6. The van der Waals surface area contributed by atoms with Gasteiger partial charge in [-0.1, -0.05) is 0 Å². The molecular weight excluding hydrogens is 328 g/mol. The molecule has 3 rings (SSSR count). The van der Waals surface area contributed by atoms with E-state index >= 15 is 0 Å². The molecule has 1 fully saturated rings. The lowest BCUT2D eigenvalue weighted by atomic mass is 9.85. The van der Waals surface area contributed by atoms with Gasteiger partial charge in [-0.3, -0.25) is 0 Å². The molecule has 0 bridgehead atoms. The van der Waals surface area contributed by atoms with Crippen molar-refractivity contribution in [3.8, 4) is 23.0 Å². The monoisotopic (exact) mass is 344 g/mol. The number of carbonyl (C=O) groups is 1. The Kier molecular flexibility index (Phi) is 3.92. The van der Waals surface area contributed by atoms with Gasteiger partial charge < -0.3 is 44.8 Å². The Morgan fingerprint density at radius 1 is 1.08 bits per heavy atom. The molecule has 0 aromatic heterocycles. The first kappa shape index (κ1) is 16.6. The van der Waals surface area contributed by atoms with E-state index in [9.17, 15) is 35.4 Å². The van der Waals surface area contributed by atoms with Crippen LogP contribution in [0, 0.1) is 0 Å². The maximum absolute atomic E-state index is 12.2. The summed E-state index contributed by atoms with van der Waals surface area (Å²) in [4.78, 5) is 12.2. The van der Waals surface area contributed by atoms with Gasteiger partial charge >= 0.3 is 5.97 Å². The molecule has 0 unspecified atom stereocenters. The second kappa shape index (κ2) is 5.67. The summed E-state index contributed by atoms with van der Waals surface area (Å²) in [5, 5.41) is 58.9. The lowest BCUT2D eigenvalue weighted by Gasteiger charge is -2.44. The van der Waals surface area contributed by atoms with Gasteiger partial charge in [-0.05, 0) is 0 Å². The molecule has 10 heteroatoms. The van der Waals surface area contributed by atoms with Crippen LogP contribution < -0.4 is 4.74 Å². The van der Waals surface area contributed by atoms with Crippen LogP contribution in [-0.2, 0) is 9.47 Å². The van der Waals surface area contributed by atoms with Gasteiger partial charge in [0.25, 0.3) is 0 Å². The largest absolute Gasteiger partial charge is 0.504 e. The van der Waals surface area contributed by atoms with Gasteiger partial charge in [0.15, 0.2) is 17.6 Å². The summed E-state index contributed by atoms with van der Waals surface area (Å²) in [5.74, 6) is -4.19. The number of esters is 1. The number of hydrogen-bond donors (Lipinski definition) is 6. The van der Waals surface area contributed by atoms with Crippen molar-refractivity contribution >= 4 is 5.97 Å². The first-order valence-corrected chi connectivity index (χ1v) is 7.01. The Morgan fingerprint density at radius 2 is 1.75 bits per heavy atom. The predicted octanol–water partition coefficient (Wildman–Crippen LogP) is -1.50. The highest BCUT2D eigenvalue weighted by Crippen LogP contribution is 2.54. The third-order valence-electron chi connectivity index (χ3n) is 4.22. The molecule has 1 saturated heterocycles. The lowest BCUT2D eigenvalue weighted by Crippen LogP contribution is -2.58. The van der Waals surface area contributed by atoms with Gasteiger partial charge in [-0.25, -0.2) is 4.79 Å². The number of ether oxygens (including phenoxy) is 3. The van der Waals surface area contributed by atoms with Crippen LogP contribution in [0.3, 0.4) is 0 Å². The maximum atomic E-state index is 12.2. The number of aliphatic hydroxyl groups excluding tert-OH is 3. The van der Waals surface area contributed by atoms with Crippen molar-refractivity contribution in [2.75, 3.05) is 13.7 Å². The number of hydrogen-bond acceptors (Lipinski definition) is 10. The van der Waals surface area contributed by atoms with Crippen LogP contribution in [0.2, 0.25) is 0 Å². The summed E-state index contributed by atoms with van der Waals surface area (Å²) >= 11 is 0. The summed E-state index contributed by atoms with van der Waals surface area (Å²) < 4.78 is 15.5. The van der Waals surface area contributed by atoms with Crippen LogP contribution in [0.25, 0.3) is 0 Å². The first-order chi connectivity index (χ1) is 11.3. The lowest BCUT2D eigenvalue weighted by molar-refractivity contribution is -0.235. The molecular formula is C14H16O10. The highest BCUT2D eigenvalue weighted by Gasteiger charge is 2.53. The van der Waals surface area contributed by atoms with E-state index in [-0.39, 0.29) is 11.3 Å². The van der Waals surface area contributed by atoms with Gasteiger partial charge in [-0.15, -0.1) is 0 Å². The maximum Gasteiger partial charge on any atom is 0.343 e. The average Bonchev–Trinajstić information content (AvgIpc) is 2.56. The Labute approximate surface area is 135 Å². The molecule has 10 nitrogen and oxygen atoms in total. The van der Waals surface area contributed by atoms with E-state index in [0.29, 0.717) is 0 Å². The SMILES string of the molecule is COc1c(O)c(O)c(O)c2c1[C@@H]1O[C@H](CO)[C@@H](O)[C@H](O)[C@H]1OC2=O. The van der Waals surface area contributed by atoms with Gasteiger partial charge in [0.05, 0.1) is 13.7 Å². The number of rotatable bonds is 2. The van der Waals surface area contributed by atoms with Crippen LogP contribution in [0.1, 0.15) is 22.0 Å². The van der Waals surface area contributed by atoms with Gasteiger partial charge in [0.2, 0.25) is 11.5 Å². The summed E-state index contributed by atoms with van der Waals surface area (Å²) in [5.41, 5.74) is -0.653. The number of aliphatic hydroxyl groups is 3. The van der Waals surface area contributed by atoms with Crippen LogP contribution in [0.4, 0.5) is 0 Å². The minimum absolute atomic E-state index is 0.157. The molecule has 0 spiro atoms. The minimum atomic E-state index is -1.58. The topological polar surface area (TPSA) is 166 Å². The number of benzene rings is 1. The van der Waals surface area contributed by atoms with E-state index < -0.39 is 65.9 Å². The van der Waals surface area contributed by atoms with E-state index in [1.165, 1.54) is 0 Å². The van der Waals surface area contributed by atoms with E-state index in [1.807, 2.05) is 0 Å². The molecule has 2 aliphatic rings. The Morgan fingerprint density at radius 3 is 2.33 bits per heavy atom. The van der Waals surface area contributed by atoms with E-state index in [2.05, 4.69) is 0 Å². The fourth-order valence-electron chi connectivity index (χ4n) is 3.03. The Bertz CT molecular complexity index is 687. The normalized spacial score (nSPS) is 31.8. The summed E-state index contributed by atoms with van der Waals surface area (Å²) in [7, 11) is 1.15. The average molecular weight is 344 g/mol. The number of methoxy groups -OCH3 is 1. The summed E-state index contributed by atoms with van der Waals surface area (Å²) in [6.45, 7) is -0.636. The zero-order valence-corrected chi connectivity index (χ0v) is 12.4. The first-order valence-electron chi connectivity index (χ1n) is 7.01. The number of phenols is 3. The molecule has 0 aliphatic carbocycles. The second-order valence-electron chi connectivity index (χ2n) is 5.50. The van der Waals surface area contributed by atoms with Crippen molar-refractivity contribution in [3.05, 3.63) is 11.1 Å². The van der Waals surface area contributed by atoms with Crippen LogP contribution in [0.15, 0.2) is 0 Å². The fourth-order valence-corrected chi connectivity index (χ4v) is 3.03. The van der Waals surface area contributed by atoms with E-state index in [0.717, 1.165) is 7.11 Å². The Hall–Kier alpha value is -2.27. The predicted molar refractivity (Wildman–Crippen MR) is 73.9 cm³/mol. The standard InChI is InChI=1S/C14H16O10/c1-22-11-5-4(7(17)8(18)10(11)20)14(21)24-13-9(19)6(16)3(2-15)23-12(5)13/h3,6,9,12-13,15-20H,2H2,1H3/t3-,6-,9+,12+,13-/m1/s1. The third-order valence-corrected chi connectivity index (χ3v) is 4.22. The Balaban J connectivity index is 2.23. The van der Waals surface area contributed by atoms with Crippen molar-refractivity contribution < 1.29 is 49.6 Å². The zero-order valence-electron chi connectivity index (χ0n) is 12.4. The molecule has 0 amide bonds. The molecule has 0 radical (unpaired) electrons. The quantitative estimate of drug-likeness (QED) is 0.275. The van der Waals surface area contributed by atoms with Crippen molar-refractivity contribution in [2.24, 2.45) is 0 Å². The molecule has 2 heterocycles. The number of carbonyl (C=O) groups excluding carboxylic acids is 1. The smallest absolute Gasteiger partial charge is 0.343 e. The molecule has 0 saturated carbocycles. The molecule has 132 valence electrons. The van der Waals surface area contributed by atoms with Crippen molar-refractivity contribution in [1.82, 2.24) is 0 Å². The van der Waals surface area contributed by atoms with Gasteiger partial charge in [0, 0.05) is 5.56 Å². The third kappa shape index (κ3) is 2.08. The molecule has 5 atom stereocenters. The number of phenolic OH excluding ortho intramolecular Hbond substituents is 3. The highest BCUT2D eigenvalue weighted by molar-refractivity contribution is 5.98. The van der Waals surface area contributed by atoms with Crippen molar-refractivity contribution in [1.29, 1.82) is 0 Å². The van der Waals surface area contributed by atoms with Crippen LogP contribution in [-0.4, -0.2) is 74.7 Å². The summed E-state index contributed by atoms with van der Waals surface area (Å²) in [6, 6.07) is 0.